The summed E-state index contributed by atoms with van der Waals surface area (Å²) in [6, 6.07) is 0. The van der Waals surface area contributed by atoms with E-state index in [1.807, 2.05) is 0 Å². The second-order valence-corrected chi connectivity index (χ2v) is 3.59. The van der Waals surface area contributed by atoms with E-state index in [0.29, 0.717) is 5.41 Å². The Morgan fingerprint density at radius 2 is 1.50 bits per heavy atom. The van der Waals surface area contributed by atoms with Crippen molar-refractivity contribution < 1.29 is 0 Å². The van der Waals surface area contributed by atoms with E-state index in [9.17, 15) is 0 Å². The molecule has 0 N–H and O–H groups in total. The standard InChI is InChI=1S/C8H16/c1-7(2)6-8(3,4)5/h6H,1-5H3/i1-1/b7-6-. The molecule has 0 radical (unpaired) electrons. The first-order valence-corrected chi connectivity index (χ1v) is 3.08. The van der Waals surface area contributed by atoms with Gasteiger partial charge in [0.2, 0.25) is 0 Å². The van der Waals surface area contributed by atoms with Crippen LogP contribution in [0.25, 0.3) is 0 Å². The lowest BCUT2D eigenvalue weighted by Gasteiger charge is -2.11. The zero-order valence-corrected chi connectivity index (χ0v) is 6.58. The second-order valence-electron chi connectivity index (χ2n) is 3.59. The maximum absolute atomic E-state index is 2.27. The first-order chi connectivity index (χ1) is 3.42. The molecule has 0 spiro atoms. The largest absolute Gasteiger partial charge is 0.0805 e. The summed E-state index contributed by atoms with van der Waals surface area (Å²) >= 11 is 0. The van der Waals surface area contributed by atoms with Gasteiger partial charge < -0.3 is 0 Å². The smallest absolute Gasteiger partial charge is 0.0201 e. The number of hydrogen-bond acceptors (Lipinski definition) is 0. The molecule has 0 aliphatic rings. The van der Waals surface area contributed by atoms with Gasteiger partial charge in [-0.1, -0.05) is 32.4 Å². The Labute approximate surface area is 52.6 Å². The molecular weight excluding hydrogens is 95.1 g/mol. The molecule has 0 aliphatic carbocycles. The van der Waals surface area contributed by atoms with E-state index in [-0.39, 0.29) is 0 Å². The highest BCUT2D eigenvalue weighted by Gasteiger charge is 2.03. The zero-order valence-electron chi connectivity index (χ0n) is 6.58. The summed E-state index contributed by atoms with van der Waals surface area (Å²) in [5.41, 5.74) is 1.76. The lowest BCUT2D eigenvalue weighted by Crippen LogP contribution is -1.99. The fraction of sp³-hybridized carbons (Fsp3) is 0.750. The van der Waals surface area contributed by atoms with Crippen LogP contribution in [0.5, 0.6) is 0 Å². The van der Waals surface area contributed by atoms with Gasteiger partial charge in [-0.05, 0) is 19.3 Å². The first kappa shape index (κ1) is 7.74. The minimum Gasteiger partial charge on any atom is -0.0805 e. The molecule has 0 bridgehead atoms. The van der Waals surface area contributed by atoms with Crippen molar-refractivity contribution >= 4 is 0 Å². The van der Waals surface area contributed by atoms with Crippen molar-refractivity contribution in [3.63, 3.8) is 0 Å². The molecule has 8 heavy (non-hydrogen) atoms. The van der Waals surface area contributed by atoms with E-state index in [1.165, 1.54) is 5.57 Å². The summed E-state index contributed by atoms with van der Waals surface area (Å²) in [5, 5.41) is 0. The highest BCUT2D eigenvalue weighted by atomic mass is 14.1. The van der Waals surface area contributed by atoms with Crippen molar-refractivity contribution in [3.8, 4) is 0 Å². The predicted octanol–water partition coefficient (Wildman–Crippen LogP) is 3.00. The average Bonchev–Trinajstić information content (AvgIpc) is 1.21. The summed E-state index contributed by atoms with van der Waals surface area (Å²) in [5.74, 6) is 0. The van der Waals surface area contributed by atoms with Gasteiger partial charge >= 0.3 is 0 Å². The highest BCUT2D eigenvalue weighted by molar-refractivity contribution is 5.00. The van der Waals surface area contributed by atoms with Gasteiger partial charge in [-0.25, -0.2) is 0 Å². The van der Waals surface area contributed by atoms with Crippen molar-refractivity contribution in [3.05, 3.63) is 11.6 Å². The molecule has 0 saturated heterocycles. The third kappa shape index (κ3) is 5.74. The predicted molar refractivity (Wildman–Crippen MR) is 38.9 cm³/mol. The third-order valence-electron chi connectivity index (χ3n) is 0.722. The van der Waals surface area contributed by atoms with E-state index in [1.54, 1.807) is 0 Å². The third-order valence-corrected chi connectivity index (χ3v) is 0.722. The van der Waals surface area contributed by atoms with Gasteiger partial charge in [0.05, 0.1) is 0 Å². The molecule has 0 heterocycles. The van der Waals surface area contributed by atoms with Crippen molar-refractivity contribution in [2.24, 2.45) is 5.41 Å². The quantitative estimate of drug-likeness (QED) is 0.421. The zero-order chi connectivity index (χ0) is 6.78. The van der Waals surface area contributed by atoms with Crippen LogP contribution in [0.2, 0.25) is 0 Å². The van der Waals surface area contributed by atoms with Gasteiger partial charge in [0.25, 0.3) is 0 Å². The summed E-state index contributed by atoms with van der Waals surface area (Å²) in [4.78, 5) is 0. The molecule has 0 nitrogen and oxygen atoms in total. The van der Waals surface area contributed by atoms with Gasteiger partial charge in [0.1, 0.15) is 0 Å². The molecule has 0 aromatic carbocycles. The van der Waals surface area contributed by atoms with Crippen LogP contribution < -0.4 is 0 Å². The topological polar surface area (TPSA) is 0 Å². The van der Waals surface area contributed by atoms with Crippen molar-refractivity contribution in [1.82, 2.24) is 0 Å². The Morgan fingerprint density at radius 1 is 1.12 bits per heavy atom. The maximum atomic E-state index is 2.27. The Hall–Kier alpha value is -0.260. The van der Waals surface area contributed by atoms with Crippen molar-refractivity contribution in [2.45, 2.75) is 34.6 Å². The second kappa shape index (κ2) is 2.34. The number of hydrogen-bond donors (Lipinski definition) is 0. The van der Waals surface area contributed by atoms with Gasteiger partial charge in [-0.2, -0.15) is 0 Å². The normalized spacial score (nSPS) is 14.4. The molecular formula is C8H16. The minimum atomic E-state index is 0.360. The van der Waals surface area contributed by atoms with Gasteiger partial charge in [-0.15, -0.1) is 0 Å². The molecule has 0 unspecified atom stereocenters. The van der Waals surface area contributed by atoms with Crippen molar-refractivity contribution in [2.75, 3.05) is 0 Å². The Balaban J connectivity index is 3.89. The first-order valence-electron chi connectivity index (χ1n) is 3.08. The molecule has 0 aliphatic heterocycles. The lowest BCUT2D eigenvalue weighted by molar-refractivity contribution is 0.540. The number of rotatable bonds is 0. The molecule has 0 fully saturated rings. The summed E-state index contributed by atoms with van der Waals surface area (Å²) < 4.78 is 0. The van der Waals surface area contributed by atoms with Gasteiger partial charge in [0, 0.05) is 0 Å². The van der Waals surface area contributed by atoms with Crippen LogP contribution in [0.4, 0.5) is 0 Å². The Bertz CT molecular complexity index is 87.1. The van der Waals surface area contributed by atoms with E-state index in [4.69, 9.17) is 0 Å². The number of allylic oxidation sites excluding steroid dienone is 2. The Morgan fingerprint density at radius 3 is 1.50 bits per heavy atom. The van der Waals surface area contributed by atoms with Crippen LogP contribution >= 0.6 is 0 Å². The summed E-state index contributed by atoms with van der Waals surface area (Å²) in [6.07, 6.45) is 2.27. The molecule has 0 amide bonds. The molecule has 0 rings (SSSR count). The van der Waals surface area contributed by atoms with Gasteiger partial charge in [-0.3, -0.25) is 0 Å². The molecule has 0 heteroatoms. The summed E-state index contributed by atoms with van der Waals surface area (Å²) in [7, 11) is 0. The van der Waals surface area contributed by atoms with Crippen LogP contribution in [0.1, 0.15) is 34.6 Å². The fourth-order valence-electron chi connectivity index (χ4n) is 0.866. The van der Waals surface area contributed by atoms with Crippen molar-refractivity contribution in [1.29, 1.82) is 0 Å². The molecule has 0 saturated carbocycles. The maximum Gasteiger partial charge on any atom is -0.0201 e. The fourth-order valence-corrected chi connectivity index (χ4v) is 0.866. The Kier molecular flexibility index (Phi) is 2.26. The molecule has 0 atom stereocenters. The summed E-state index contributed by atoms with van der Waals surface area (Å²) in [6.45, 7) is 10.9. The highest BCUT2D eigenvalue weighted by Crippen LogP contribution is 2.16. The van der Waals surface area contributed by atoms with Crippen LogP contribution in [-0.2, 0) is 0 Å². The molecule has 0 aromatic rings. The van der Waals surface area contributed by atoms with E-state index in [2.05, 4.69) is 40.7 Å². The van der Waals surface area contributed by atoms with Crippen LogP contribution in [-0.4, -0.2) is 0 Å². The van der Waals surface area contributed by atoms with E-state index in [0.717, 1.165) is 0 Å². The molecule has 48 valence electrons. The molecule has 0 aromatic heterocycles. The van der Waals surface area contributed by atoms with E-state index >= 15 is 0 Å². The van der Waals surface area contributed by atoms with E-state index < -0.39 is 0 Å². The van der Waals surface area contributed by atoms with Gasteiger partial charge in [0.15, 0.2) is 0 Å². The monoisotopic (exact) mass is 111 g/mol. The van der Waals surface area contributed by atoms with Crippen LogP contribution in [0, 0.1) is 5.41 Å². The SMILES string of the molecule is C/C([11CH3])=C\C(C)(C)C. The van der Waals surface area contributed by atoms with Crippen LogP contribution in [0.3, 0.4) is 0 Å². The minimum absolute atomic E-state index is 0.360. The van der Waals surface area contributed by atoms with Crippen LogP contribution in [0.15, 0.2) is 11.6 Å². The average molecular weight is 111 g/mol. The lowest BCUT2D eigenvalue weighted by atomic mass is 9.90.